The zero-order valence-corrected chi connectivity index (χ0v) is 29.4. The third-order valence-corrected chi connectivity index (χ3v) is 12.2. The van der Waals surface area contributed by atoms with Gasteiger partial charge in [0.2, 0.25) is 0 Å². The van der Waals surface area contributed by atoms with E-state index in [1.54, 1.807) is 19.4 Å². The summed E-state index contributed by atoms with van der Waals surface area (Å²) < 4.78 is 28.5. The van der Waals surface area contributed by atoms with E-state index in [2.05, 4.69) is 52.7 Å². The molecule has 1 N–H and O–H groups in total. The quantitative estimate of drug-likeness (QED) is 0.277. The number of amides is 1. The molecular formula is C38H46ClN3O4S. The van der Waals surface area contributed by atoms with Crippen molar-refractivity contribution in [3.63, 3.8) is 0 Å². The second-order valence-corrected chi connectivity index (χ2v) is 15.4. The van der Waals surface area contributed by atoms with Gasteiger partial charge in [-0.15, -0.1) is 0 Å². The molecule has 2 aromatic carbocycles. The summed E-state index contributed by atoms with van der Waals surface area (Å²) in [6.45, 7) is 8.32. The predicted molar refractivity (Wildman–Crippen MR) is 190 cm³/mol. The van der Waals surface area contributed by atoms with Gasteiger partial charge < -0.3 is 14.4 Å². The van der Waals surface area contributed by atoms with E-state index in [1.165, 1.54) is 11.1 Å². The van der Waals surface area contributed by atoms with Crippen LogP contribution < -0.4 is 19.1 Å². The molecule has 1 aliphatic carbocycles. The Morgan fingerprint density at radius 1 is 1.11 bits per heavy atom. The zero-order valence-electron chi connectivity index (χ0n) is 27.8. The summed E-state index contributed by atoms with van der Waals surface area (Å²) in [6, 6.07) is 13.8. The molecule has 9 heteroatoms. The number of allylic oxidation sites excluding steroid dienone is 2. The van der Waals surface area contributed by atoms with E-state index in [0.29, 0.717) is 24.0 Å². The van der Waals surface area contributed by atoms with Gasteiger partial charge in [0.1, 0.15) is 22.5 Å². The summed E-state index contributed by atoms with van der Waals surface area (Å²) in [7, 11) is 0.181. The Bertz CT molecular complexity index is 1650. The van der Waals surface area contributed by atoms with E-state index >= 15 is 0 Å². The predicted octanol–water partition coefficient (Wildman–Crippen LogP) is 7.87. The van der Waals surface area contributed by atoms with Crippen molar-refractivity contribution in [2.45, 2.75) is 70.0 Å². The average Bonchev–Trinajstić information content (AvgIpc) is 3.24. The minimum absolute atomic E-state index is 0.104. The number of fused-ring (bicyclic) bond motifs is 2. The Labute approximate surface area is 286 Å². The van der Waals surface area contributed by atoms with Crippen molar-refractivity contribution in [1.82, 2.24) is 9.71 Å². The molecule has 6 rings (SSSR count). The highest BCUT2D eigenvalue weighted by atomic mass is 35.5. The molecule has 3 aromatic rings. The Morgan fingerprint density at radius 3 is 2.72 bits per heavy atom. The number of carbonyl (C=O) groups excluding carboxylic acids is 1. The molecule has 0 saturated heterocycles. The van der Waals surface area contributed by atoms with E-state index in [-0.39, 0.29) is 28.9 Å². The number of aryl methyl sites for hydroxylation is 1. The molecule has 7 atom stereocenters. The highest BCUT2D eigenvalue weighted by molar-refractivity contribution is 7.84. The molecule has 7 unspecified atom stereocenters. The summed E-state index contributed by atoms with van der Waals surface area (Å²) in [5.41, 5.74) is 5.01. The first-order valence-electron chi connectivity index (χ1n) is 16.9. The normalized spacial score (nSPS) is 28.6. The first-order chi connectivity index (χ1) is 22.8. The SMILES string of the molecule is CCCc1cc(Cl)ccc1C1COc2ccc3cc2N(C1)CC1CCC1C(c1cnccc1OC)/C=C/CC(C)C(C)S(=O)NC3=O. The van der Waals surface area contributed by atoms with Crippen molar-refractivity contribution in [3.05, 3.63) is 94.3 Å². The number of nitrogens with zero attached hydrogens (tertiary/aromatic N) is 2. The maximum atomic E-state index is 13.5. The average molecular weight is 676 g/mol. The molecule has 3 aliphatic rings. The summed E-state index contributed by atoms with van der Waals surface area (Å²) in [5, 5.41) is 0.525. The van der Waals surface area contributed by atoms with Crippen LogP contribution in [0.3, 0.4) is 0 Å². The zero-order chi connectivity index (χ0) is 33.1. The van der Waals surface area contributed by atoms with Gasteiger partial charge in [-0.2, -0.15) is 0 Å². The third-order valence-electron chi connectivity index (χ3n) is 10.5. The molecule has 1 saturated carbocycles. The van der Waals surface area contributed by atoms with Gasteiger partial charge >= 0.3 is 0 Å². The number of hydrogen-bond donors (Lipinski definition) is 1. The van der Waals surface area contributed by atoms with E-state index in [9.17, 15) is 9.00 Å². The Morgan fingerprint density at radius 2 is 1.96 bits per heavy atom. The number of nitrogens with one attached hydrogen (secondary N) is 1. The highest BCUT2D eigenvalue weighted by Crippen LogP contribution is 2.48. The molecule has 1 amide bonds. The highest BCUT2D eigenvalue weighted by Gasteiger charge is 2.40. The van der Waals surface area contributed by atoms with Gasteiger partial charge in [-0.3, -0.25) is 14.5 Å². The topological polar surface area (TPSA) is 80.8 Å². The third kappa shape index (κ3) is 7.24. The van der Waals surface area contributed by atoms with Crippen LogP contribution in [0.1, 0.15) is 85.3 Å². The van der Waals surface area contributed by atoms with Crippen molar-refractivity contribution in [1.29, 1.82) is 0 Å². The lowest BCUT2D eigenvalue weighted by Crippen LogP contribution is -2.42. The second kappa shape index (κ2) is 14.8. The van der Waals surface area contributed by atoms with Gasteiger partial charge in [0, 0.05) is 53.5 Å². The van der Waals surface area contributed by atoms with Crippen LogP contribution in [-0.4, -0.2) is 47.2 Å². The van der Waals surface area contributed by atoms with Crippen molar-refractivity contribution in [2.24, 2.45) is 17.8 Å². The lowest BCUT2D eigenvalue weighted by atomic mass is 9.64. The Kier molecular flexibility index (Phi) is 10.6. The second-order valence-electron chi connectivity index (χ2n) is 13.4. The summed E-state index contributed by atoms with van der Waals surface area (Å²) in [6.07, 6.45) is 13.2. The fourth-order valence-corrected chi connectivity index (χ4v) is 8.64. The smallest absolute Gasteiger partial charge is 0.263 e. The van der Waals surface area contributed by atoms with Gasteiger partial charge in [0.25, 0.3) is 5.91 Å². The van der Waals surface area contributed by atoms with Crippen LogP contribution in [0.5, 0.6) is 11.5 Å². The van der Waals surface area contributed by atoms with Crippen molar-refractivity contribution in [2.75, 3.05) is 31.7 Å². The van der Waals surface area contributed by atoms with E-state index in [4.69, 9.17) is 21.1 Å². The van der Waals surface area contributed by atoms with Crippen molar-refractivity contribution in [3.8, 4) is 11.5 Å². The maximum absolute atomic E-state index is 13.5. The number of aromatic nitrogens is 1. The van der Waals surface area contributed by atoms with Gasteiger partial charge in [-0.05, 0) is 97.9 Å². The van der Waals surface area contributed by atoms with Crippen LogP contribution in [0, 0.1) is 17.8 Å². The molecule has 47 heavy (non-hydrogen) atoms. The lowest BCUT2D eigenvalue weighted by Gasteiger charge is -2.44. The molecule has 7 nitrogen and oxygen atoms in total. The molecule has 1 fully saturated rings. The van der Waals surface area contributed by atoms with Crippen LogP contribution in [0.4, 0.5) is 5.69 Å². The number of rotatable bonds is 5. The summed E-state index contributed by atoms with van der Waals surface area (Å²) >= 11 is 6.46. The molecular weight excluding hydrogens is 630 g/mol. The van der Waals surface area contributed by atoms with Crippen LogP contribution >= 0.6 is 11.6 Å². The molecule has 250 valence electrons. The number of hydrogen-bond acceptors (Lipinski definition) is 6. The molecule has 0 radical (unpaired) electrons. The molecule has 2 aliphatic heterocycles. The van der Waals surface area contributed by atoms with Crippen LogP contribution in [0.15, 0.2) is 67.0 Å². The van der Waals surface area contributed by atoms with Gasteiger partial charge in [-0.25, -0.2) is 4.21 Å². The fourth-order valence-electron chi connectivity index (χ4n) is 7.42. The van der Waals surface area contributed by atoms with E-state index in [0.717, 1.165) is 73.0 Å². The minimum atomic E-state index is -1.54. The number of pyridine rings is 1. The minimum Gasteiger partial charge on any atom is -0.496 e. The first-order valence-corrected chi connectivity index (χ1v) is 18.5. The standard InChI is InChI=1S/C38H46ClN3O4S/c1-5-7-26-18-30(39)12-14-31(26)29-22-42-21-28-10-13-32(28)33(34-20-40-17-16-36(34)45-4)9-6-8-24(2)25(3)47(44)41-38(43)27-11-15-37(46-23-29)35(42)19-27/h6,9,11-12,14-20,24-25,28-29,32-33H,5,7-8,10,13,21-23H2,1-4H3,(H,41,43)/b9-6+. The first kappa shape index (κ1) is 33.5. The number of halogens is 1. The summed E-state index contributed by atoms with van der Waals surface area (Å²) in [4.78, 5) is 20.4. The number of carbonyl (C=O) groups is 1. The Hall–Kier alpha value is -3.36. The van der Waals surface area contributed by atoms with Gasteiger partial charge in [-0.1, -0.05) is 50.1 Å². The molecule has 1 aromatic heterocycles. The summed E-state index contributed by atoms with van der Waals surface area (Å²) in [5.74, 6) is 2.44. The largest absolute Gasteiger partial charge is 0.496 e. The molecule has 0 spiro atoms. The van der Waals surface area contributed by atoms with Crippen LogP contribution in [-0.2, 0) is 17.4 Å². The lowest BCUT2D eigenvalue weighted by molar-refractivity contribution is 0.0982. The van der Waals surface area contributed by atoms with Crippen molar-refractivity contribution >= 4 is 34.2 Å². The number of benzene rings is 2. The van der Waals surface area contributed by atoms with Crippen molar-refractivity contribution < 1.29 is 18.5 Å². The van der Waals surface area contributed by atoms with Crippen LogP contribution in [0.2, 0.25) is 5.02 Å². The fraction of sp³-hybridized carbons (Fsp3) is 0.474. The van der Waals surface area contributed by atoms with E-state index in [1.807, 2.05) is 37.4 Å². The monoisotopic (exact) mass is 675 g/mol. The number of methoxy groups -OCH3 is 1. The number of anilines is 1. The Balaban J connectivity index is 1.42. The maximum Gasteiger partial charge on any atom is 0.263 e. The van der Waals surface area contributed by atoms with Gasteiger partial charge in [0.15, 0.2) is 0 Å². The molecule has 2 bridgehead atoms. The van der Waals surface area contributed by atoms with Crippen LogP contribution in [0.25, 0.3) is 0 Å². The molecule has 3 heterocycles. The van der Waals surface area contributed by atoms with E-state index < -0.39 is 11.0 Å². The van der Waals surface area contributed by atoms with Gasteiger partial charge in [0.05, 0.1) is 24.7 Å². The number of ether oxygens (including phenoxy) is 2.